The third kappa shape index (κ3) is 5.05. The maximum atomic E-state index is 13.0. The number of piperazine rings is 1. The van der Waals surface area contributed by atoms with Crippen molar-refractivity contribution >= 4 is 17.5 Å². The van der Waals surface area contributed by atoms with Crippen LogP contribution in [0.1, 0.15) is 21.6 Å². The average molecular weight is 471 g/mol. The first-order valence-electron chi connectivity index (χ1n) is 10.8. The normalized spacial score (nSPS) is 14.2. The van der Waals surface area contributed by atoms with Gasteiger partial charge < -0.3 is 15.1 Å². The summed E-state index contributed by atoms with van der Waals surface area (Å²) in [6, 6.07) is 14.7. The van der Waals surface area contributed by atoms with Crippen molar-refractivity contribution in [1.82, 2.24) is 20.0 Å². The van der Waals surface area contributed by atoms with Gasteiger partial charge in [0.05, 0.1) is 35.2 Å². The molecule has 1 fully saturated rings. The summed E-state index contributed by atoms with van der Waals surface area (Å²) in [5.41, 5.74) is 1.07. The largest absolute Gasteiger partial charge is 0.416 e. The third-order valence-corrected chi connectivity index (χ3v) is 5.83. The summed E-state index contributed by atoms with van der Waals surface area (Å²) >= 11 is 0. The van der Waals surface area contributed by atoms with Crippen molar-refractivity contribution in [3.8, 4) is 5.69 Å². The van der Waals surface area contributed by atoms with Gasteiger partial charge in [-0.3, -0.25) is 9.59 Å². The molecule has 0 unspecified atom stereocenters. The van der Waals surface area contributed by atoms with Gasteiger partial charge in [0.2, 0.25) is 5.91 Å². The summed E-state index contributed by atoms with van der Waals surface area (Å²) in [7, 11) is 0. The molecule has 10 heteroatoms. The molecule has 4 rings (SSSR count). The molecule has 0 saturated carbocycles. The Hall–Kier alpha value is -3.82. The first-order valence-corrected chi connectivity index (χ1v) is 10.8. The molecule has 0 bridgehead atoms. The molecule has 0 aliphatic carbocycles. The Kier molecular flexibility index (Phi) is 6.58. The van der Waals surface area contributed by atoms with Gasteiger partial charge in [-0.2, -0.15) is 18.3 Å². The molecule has 0 atom stereocenters. The molecule has 3 aromatic rings. The summed E-state index contributed by atoms with van der Waals surface area (Å²) in [5, 5.41) is 6.68. The Bertz CT molecular complexity index is 1170. The topological polar surface area (TPSA) is 70.5 Å². The Balaban J connectivity index is 1.34. The predicted octanol–water partition coefficient (Wildman–Crippen LogP) is 3.28. The minimum absolute atomic E-state index is 0.168. The van der Waals surface area contributed by atoms with E-state index in [1.54, 1.807) is 11.8 Å². The van der Waals surface area contributed by atoms with Gasteiger partial charge in [-0.15, -0.1) is 0 Å². The van der Waals surface area contributed by atoms with E-state index < -0.39 is 17.6 Å². The molecule has 1 aliphatic rings. The fraction of sp³-hybridized carbons (Fsp3) is 0.292. The van der Waals surface area contributed by atoms with Crippen molar-refractivity contribution in [3.05, 3.63) is 77.6 Å². The highest BCUT2D eigenvalue weighted by Crippen LogP contribution is 2.30. The van der Waals surface area contributed by atoms with Gasteiger partial charge in [0.25, 0.3) is 5.91 Å². The molecule has 1 aromatic heterocycles. The van der Waals surface area contributed by atoms with Gasteiger partial charge in [-0.1, -0.05) is 24.3 Å². The zero-order valence-electron chi connectivity index (χ0n) is 18.5. The number of alkyl halides is 3. The molecule has 34 heavy (non-hydrogen) atoms. The van der Waals surface area contributed by atoms with Gasteiger partial charge >= 0.3 is 6.18 Å². The van der Waals surface area contributed by atoms with Gasteiger partial charge in [0.1, 0.15) is 0 Å². The molecular formula is C24H24F3N5O2. The first-order chi connectivity index (χ1) is 16.2. The summed E-state index contributed by atoms with van der Waals surface area (Å²) in [6.07, 6.45) is -3.20. The number of para-hydroxylation sites is 1. The quantitative estimate of drug-likeness (QED) is 0.620. The minimum Gasteiger partial charge on any atom is -0.368 e. The van der Waals surface area contributed by atoms with Gasteiger partial charge in [0, 0.05) is 31.9 Å². The summed E-state index contributed by atoms with van der Waals surface area (Å²) in [5.74, 6) is -0.698. The highest BCUT2D eigenvalue weighted by molar-refractivity contribution is 5.97. The first kappa shape index (κ1) is 23.3. The van der Waals surface area contributed by atoms with Crippen LogP contribution >= 0.6 is 0 Å². The molecule has 0 spiro atoms. The van der Waals surface area contributed by atoms with Gasteiger partial charge in [-0.05, 0) is 37.3 Å². The van der Waals surface area contributed by atoms with E-state index in [0.717, 1.165) is 17.8 Å². The van der Waals surface area contributed by atoms with Crippen molar-refractivity contribution in [3.63, 3.8) is 0 Å². The number of halogens is 3. The second kappa shape index (κ2) is 9.58. The van der Waals surface area contributed by atoms with Crippen molar-refractivity contribution < 1.29 is 22.8 Å². The molecule has 7 nitrogen and oxygen atoms in total. The van der Waals surface area contributed by atoms with E-state index in [1.807, 2.05) is 30.3 Å². The number of amides is 2. The van der Waals surface area contributed by atoms with Crippen LogP contribution in [0.5, 0.6) is 0 Å². The molecule has 2 aromatic carbocycles. The van der Waals surface area contributed by atoms with Crippen molar-refractivity contribution in [2.24, 2.45) is 0 Å². The highest BCUT2D eigenvalue weighted by atomic mass is 19.4. The maximum absolute atomic E-state index is 13.0. The van der Waals surface area contributed by atoms with Crippen LogP contribution in [0.25, 0.3) is 5.69 Å². The lowest BCUT2D eigenvalue weighted by molar-refractivity contribution is -0.137. The fourth-order valence-electron chi connectivity index (χ4n) is 3.92. The SMILES string of the molecule is Cc1c(C(=O)NCC(=O)N2CCN(c3ccccc3)CC2)cnn1-c1cccc(C(F)(F)F)c1. The third-order valence-electron chi connectivity index (χ3n) is 5.83. The standard InChI is InChI=1S/C24H24F3N5O2/c1-17-21(15-29-32(17)20-9-5-6-18(14-20)24(25,26)27)23(34)28-16-22(33)31-12-10-30(11-13-31)19-7-3-2-4-8-19/h2-9,14-15H,10-13,16H2,1H3,(H,28,34). The van der Waals surface area contributed by atoms with Crippen LogP contribution in [0.4, 0.5) is 18.9 Å². The molecule has 2 heterocycles. The Labute approximate surface area is 194 Å². The van der Waals surface area contributed by atoms with E-state index in [2.05, 4.69) is 15.3 Å². The second-order valence-electron chi connectivity index (χ2n) is 7.99. The van der Waals surface area contributed by atoms with Crippen LogP contribution in [-0.2, 0) is 11.0 Å². The van der Waals surface area contributed by atoms with Crippen molar-refractivity contribution in [2.45, 2.75) is 13.1 Å². The number of rotatable bonds is 5. The number of benzene rings is 2. The number of anilines is 1. The number of aromatic nitrogens is 2. The zero-order chi connectivity index (χ0) is 24.3. The molecule has 1 N–H and O–H groups in total. The van der Waals surface area contributed by atoms with Crippen LogP contribution in [0, 0.1) is 6.92 Å². The average Bonchev–Trinajstić information content (AvgIpc) is 3.24. The molecule has 1 aliphatic heterocycles. The van der Waals surface area contributed by atoms with E-state index in [1.165, 1.54) is 23.0 Å². The Morgan fingerprint density at radius 2 is 1.65 bits per heavy atom. The summed E-state index contributed by atoms with van der Waals surface area (Å²) < 4.78 is 40.3. The molecular weight excluding hydrogens is 447 g/mol. The lowest BCUT2D eigenvalue weighted by Crippen LogP contribution is -2.51. The van der Waals surface area contributed by atoms with Crippen molar-refractivity contribution in [1.29, 1.82) is 0 Å². The van der Waals surface area contributed by atoms with Gasteiger partial charge in [0.15, 0.2) is 0 Å². The van der Waals surface area contributed by atoms with E-state index in [-0.39, 0.29) is 23.7 Å². The molecule has 1 saturated heterocycles. The number of nitrogens with zero attached hydrogens (tertiary/aromatic N) is 4. The predicted molar refractivity (Wildman–Crippen MR) is 121 cm³/mol. The second-order valence-corrected chi connectivity index (χ2v) is 7.99. The summed E-state index contributed by atoms with van der Waals surface area (Å²) in [6.45, 7) is 3.93. The highest BCUT2D eigenvalue weighted by Gasteiger charge is 2.31. The van der Waals surface area contributed by atoms with Crippen molar-refractivity contribution in [2.75, 3.05) is 37.6 Å². The van der Waals surface area contributed by atoms with E-state index in [0.29, 0.717) is 31.9 Å². The maximum Gasteiger partial charge on any atom is 0.416 e. The van der Waals surface area contributed by atoms with E-state index in [9.17, 15) is 22.8 Å². The monoisotopic (exact) mass is 471 g/mol. The smallest absolute Gasteiger partial charge is 0.368 e. The number of nitrogens with one attached hydrogen (secondary N) is 1. The number of hydrogen-bond donors (Lipinski definition) is 1. The Morgan fingerprint density at radius 3 is 2.32 bits per heavy atom. The van der Waals surface area contributed by atoms with Crippen LogP contribution in [0.3, 0.4) is 0 Å². The lowest BCUT2D eigenvalue weighted by Gasteiger charge is -2.36. The lowest BCUT2D eigenvalue weighted by atomic mass is 10.2. The molecule has 2 amide bonds. The molecule has 0 radical (unpaired) electrons. The zero-order valence-corrected chi connectivity index (χ0v) is 18.5. The Morgan fingerprint density at radius 1 is 0.971 bits per heavy atom. The van der Waals surface area contributed by atoms with Crippen LogP contribution in [0.15, 0.2) is 60.8 Å². The number of hydrogen-bond acceptors (Lipinski definition) is 4. The van der Waals surface area contributed by atoms with Gasteiger partial charge in [-0.25, -0.2) is 4.68 Å². The van der Waals surface area contributed by atoms with Crippen LogP contribution in [-0.4, -0.2) is 59.2 Å². The fourth-order valence-corrected chi connectivity index (χ4v) is 3.92. The number of carbonyl (C=O) groups excluding carboxylic acids is 2. The van der Waals surface area contributed by atoms with Crippen LogP contribution in [0.2, 0.25) is 0 Å². The molecule has 178 valence electrons. The minimum atomic E-state index is -4.48. The van der Waals surface area contributed by atoms with Crippen LogP contribution < -0.4 is 10.2 Å². The van der Waals surface area contributed by atoms with E-state index in [4.69, 9.17) is 0 Å². The number of carbonyl (C=O) groups is 2. The summed E-state index contributed by atoms with van der Waals surface area (Å²) in [4.78, 5) is 29.1. The van der Waals surface area contributed by atoms with E-state index >= 15 is 0 Å².